The fourth-order valence-electron chi connectivity index (χ4n) is 2.89. The van der Waals surface area contributed by atoms with E-state index in [4.69, 9.17) is 27.9 Å². The predicted molar refractivity (Wildman–Crippen MR) is 110 cm³/mol. The van der Waals surface area contributed by atoms with Crippen LogP contribution < -0.4 is 9.62 Å². The summed E-state index contributed by atoms with van der Waals surface area (Å²) < 4.78 is 32.3. The lowest BCUT2D eigenvalue weighted by Gasteiger charge is -2.21. The molecule has 1 saturated heterocycles. The number of amides is 1. The third-order valence-electron chi connectivity index (χ3n) is 4.54. The molecule has 1 aliphatic heterocycles. The van der Waals surface area contributed by atoms with E-state index >= 15 is 0 Å². The second-order valence-electron chi connectivity index (χ2n) is 6.44. The SMILES string of the molecule is CN(c1ccc(Cl)c(C(=O)NC[C@@H]2CCCO2)c1)S(=O)(=O)c1ccc(Cl)cc1. The summed E-state index contributed by atoms with van der Waals surface area (Å²) in [5.74, 6) is -0.375. The number of nitrogens with one attached hydrogen (secondary N) is 1. The van der Waals surface area contributed by atoms with E-state index in [2.05, 4.69) is 5.32 Å². The molecule has 1 heterocycles. The Morgan fingerprint density at radius 2 is 1.93 bits per heavy atom. The molecule has 1 fully saturated rings. The van der Waals surface area contributed by atoms with Crippen LogP contribution in [-0.2, 0) is 14.8 Å². The number of benzene rings is 2. The molecule has 1 atom stereocenters. The average molecular weight is 443 g/mol. The second kappa shape index (κ2) is 8.69. The van der Waals surface area contributed by atoms with Crippen molar-refractivity contribution < 1.29 is 17.9 Å². The molecule has 1 N–H and O–H groups in total. The van der Waals surface area contributed by atoms with Crippen molar-refractivity contribution in [1.82, 2.24) is 5.32 Å². The van der Waals surface area contributed by atoms with Gasteiger partial charge in [-0.3, -0.25) is 9.10 Å². The highest BCUT2D eigenvalue weighted by Crippen LogP contribution is 2.27. The standard InChI is InChI=1S/C19H20Cl2N2O4S/c1-23(28(25,26)16-7-4-13(20)5-8-16)14-6-9-18(21)17(11-14)19(24)22-12-15-3-2-10-27-15/h4-9,11,15H,2-3,10,12H2,1H3,(H,22,24)/t15-/m0/s1. The number of rotatable bonds is 6. The van der Waals surface area contributed by atoms with E-state index in [0.717, 1.165) is 17.1 Å². The van der Waals surface area contributed by atoms with Gasteiger partial charge in [-0.05, 0) is 55.3 Å². The van der Waals surface area contributed by atoms with E-state index < -0.39 is 10.0 Å². The number of anilines is 1. The van der Waals surface area contributed by atoms with E-state index in [1.165, 1.54) is 43.4 Å². The van der Waals surface area contributed by atoms with E-state index in [1.807, 2.05) is 0 Å². The third-order valence-corrected chi connectivity index (χ3v) is 6.93. The zero-order valence-electron chi connectivity index (χ0n) is 15.2. The Balaban J connectivity index is 1.81. The monoisotopic (exact) mass is 442 g/mol. The molecule has 3 rings (SSSR count). The quantitative estimate of drug-likeness (QED) is 0.739. The molecule has 2 aromatic rings. The summed E-state index contributed by atoms with van der Waals surface area (Å²) in [4.78, 5) is 12.6. The van der Waals surface area contributed by atoms with Crippen LogP contribution >= 0.6 is 23.2 Å². The summed E-state index contributed by atoms with van der Waals surface area (Å²) in [6.07, 6.45) is 1.87. The number of carbonyl (C=O) groups is 1. The number of halogens is 2. The molecule has 0 radical (unpaired) electrons. The normalized spacial score (nSPS) is 16.8. The van der Waals surface area contributed by atoms with Gasteiger partial charge in [0, 0.05) is 25.2 Å². The molecule has 0 bridgehead atoms. The predicted octanol–water partition coefficient (Wildman–Crippen LogP) is 3.73. The number of hydrogen-bond donors (Lipinski definition) is 1. The highest BCUT2D eigenvalue weighted by molar-refractivity contribution is 7.92. The van der Waals surface area contributed by atoms with E-state index in [1.54, 1.807) is 6.07 Å². The highest BCUT2D eigenvalue weighted by Gasteiger charge is 2.23. The van der Waals surface area contributed by atoms with Gasteiger partial charge in [0.1, 0.15) is 0 Å². The van der Waals surface area contributed by atoms with Gasteiger partial charge in [-0.15, -0.1) is 0 Å². The van der Waals surface area contributed by atoms with Gasteiger partial charge in [0.15, 0.2) is 0 Å². The summed E-state index contributed by atoms with van der Waals surface area (Å²) in [6, 6.07) is 10.4. The maximum Gasteiger partial charge on any atom is 0.264 e. The fourth-order valence-corrected chi connectivity index (χ4v) is 4.41. The summed E-state index contributed by atoms with van der Waals surface area (Å²) >= 11 is 12.0. The van der Waals surface area contributed by atoms with Crippen LogP contribution in [0.4, 0.5) is 5.69 Å². The van der Waals surface area contributed by atoms with Crippen molar-refractivity contribution in [2.45, 2.75) is 23.8 Å². The Morgan fingerprint density at radius 3 is 2.57 bits per heavy atom. The Labute approximate surface area is 174 Å². The van der Waals surface area contributed by atoms with Crippen LogP contribution in [0.25, 0.3) is 0 Å². The first kappa shape index (κ1) is 20.9. The zero-order chi connectivity index (χ0) is 20.3. The number of sulfonamides is 1. The van der Waals surface area contributed by atoms with Crippen molar-refractivity contribution in [3.63, 3.8) is 0 Å². The number of ether oxygens (including phenoxy) is 1. The fraction of sp³-hybridized carbons (Fsp3) is 0.316. The molecule has 0 spiro atoms. The maximum absolute atomic E-state index is 12.8. The Bertz CT molecular complexity index is 958. The van der Waals surface area contributed by atoms with Crippen molar-refractivity contribution in [2.75, 3.05) is 24.5 Å². The lowest BCUT2D eigenvalue weighted by atomic mass is 10.1. The van der Waals surface area contributed by atoms with E-state index in [9.17, 15) is 13.2 Å². The van der Waals surface area contributed by atoms with Crippen LogP contribution in [0.1, 0.15) is 23.2 Å². The van der Waals surface area contributed by atoms with Gasteiger partial charge in [-0.2, -0.15) is 0 Å². The van der Waals surface area contributed by atoms with Crippen molar-refractivity contribution in [3.8, 4) is 0 Å². The molecule has 150 valence electrons. The highest BCUT2D eigenvalue weighted by atomic mass is 35.5. The van der Waals surface area contributed by atoms with Crippen molar-refractivity contribution >= 4 is 44.8 Å². The molecule has 0 unspecified atom stereocenters. The molecule has 0 aliphatic carbocycles. The second-order valence-corrected chi connectivity index (χ2v) is 9.25. The minimum atomic E-state index is -3.81. The molecular weight excluding hydrogens is 423 g/mol. The largest absolute Gasteiger partial charge is 0.376 e. The van der Waals surface area contributed by atoms with E-state index in [0.29, 0.717) is 23.9 Å². The van der Waals surface area contributed by atoms with Gasteiger partial charge < -0.3 is 10.1 Å². The number of hydrogen-bond acceptors (Lipinski definition) is 4. The molecule has 2 aromatic carbocycles. The van der Waals surface area contributed by atoms with Gasteiger partial charge in [-0.25, -0.2) is 8.42 Å². The van der Waals surface area contributed by atoms with Gasteiger partial charge in [0.05, 0.1) is 27.3 Å². The molecule has 1 aliphatic rings. The van der Waals surface area contributed by atoms with Crippen LogP contribution in [-0.4, -0.2) is 40.6 Å². The molecule has 0 aromatic heterocycles. The Kier molecular flexibility index (Phi) is 6.50. The van der Waals surface area contributed by atoms with Gasteiger partial charge >= 0.3 is 0 Å². The summed E-state index contributed by atoms with van der Waals surface area (Å²) in [6.45, 7) is 1.09. The molecular formula is C19H20Cl2N2O4S. The summed E-state index contributed by atoms with van der Waals surface area (Å²) in [5.41, 5.74) is 0.525. The number of nitrogens with zero attached hydrogens (tertiary/aromatic N) is 1. The van der Waals surface area contributed by atoms with Crippen molar-refractivity contribution in [3.05, 3.63) is 58.1 Å². The Hall–Kier alpha value is -1.80. The minimum absolute atomic E-state index is 0.00105. The van der Waals surface area contributed by atoms with Crippen LogP contribution in [0.5, 0.6) is 0 Å². The van der Waals surface area contributed by atoms with Crippen LogP contribution in [0.2, 0.25) is 10.0 Å². The minimum Gasteiger partial charge on any atom is -0.376 e. The van der Waals surface area contributed by atoms with Crippen LogP contribution in [0.15, 0.2) is 47.4 Å². The lowest BCUT2D eigenvalue weighted by molar-refractivity contribution is 0.0858. The first-order valence-electron chi connectivity index (χ1n) is 8.73. The topological polar surface area (TPSA) is 75.7 Å². The smallest absolute Gasteiger partial charge is 0.264 e. The van der Waals surface area contributed by atoms with Crippen LogP contribution in [0, 0.1) is 0 Å². The Morgan fingerprint density at radius 1 is 1.21 bits per heavy atom. The van der Waals surface area contributed by atoms with Crippen molar-refractivity contribution in [2.24, 2.45) is 0 Å². The van der Waals surface area contributed by atoms with E-state index in [-0.39, 0.29) is 27.5 Å². The zero-order valence-corrected chi connectivity index (χ0v) is 17.5. The van der Waals surface area contributed by atoms with Crippen molar-refractivity contribution in [1.29, 1.82) is 0 Å². The lowest BCUT2D eigenvalue weighted by Crippen LogP contribution is -2.32. The molecule has 9 heteroatoms. The molecule has 6 nitrogen and oxygen atoms in total. The molecule has 1 amide bonds. The van der Waals surface area contributed by atoms with Gasteiger partial charge in [0.2, 0.25) is 0 Å². The number of carbonyl (C=O) groups excluding carboxylic acids is 1. The maximum atomic E-state index is 12.8. The summed E-state index contributed by atoms with van der Waals surface area (Å²) in [7, 11) is -2.39. The van der Waals surface area contributed by atoms with Gasteiger partial charge in [0.25, 0.3) is 15.9 Å². The molecule has 28 heavy (non-hydrogen) atoms. The first-order chi connectivity index (χ1) is 13.3. The molecule has 0 saturated carbocycles. The first-order valence-corrected chi connectivity index (χ1v) is 10.9. The van der Waals surface area contributed by atoms with Gasteiger partial charge in [-0.1, -0.05) is 23.2 Å². The summed E-state index contributed by atoms with van der Waals surface area (Å²) in [5, 5.41) is 3.48. The van der Waals surface area contributed by atoms with Crippen LogP contribution in [0.3, 0.4) is 0 Å². The third kappa shape index (κ3) is 4.60. The average Bonchev–Trinajstić information content (AvgIpc) is 3.20.